The number of hydrogen-bond acceptors (Lipinski definition) is 7. The van der Waals surface area contributed by atoms with Crippen LogP contribution in [-0.4, -0.2) is 68.3 Å². The minimum atomic E-state index is -2.49. The fourth-order valence-electron chi connectivity index (χ4n) is 3.76. The number of nitrogens with one attached hydrogen (secondary N) is 1. The van der Waals surface area contributed by atoms with Gasteiger partial charge in [0, 0.05) is 39.7 Å². The number of aromatic nitrogens is 2. The minimum absolute atomic E-state index is 0.0207. The Morgan fingerprint density at radius 1 is 1.30 bits per heavy atom. The fraction of sp³-hybridized carbons (Fsp3) is 0.522. The van der Waals surface area contributed by atoms with Crippen LogP contribution < -0.4 is 19.9 Å². The molecular weight excluding hydrogens is 432 g/mol. The van der Waals surface area contributed by atoms with E-state index >= 15 is 0 Å². The molecule has 1 aliphatic heterocycles. The normalized spacial score (nSPS) is 16.7. The molecule has 2 heterocycles. The molecule has 1 fully saturated rings. The van der Waals surface area contributed by atoms with Gasteiger partial charge in [0.15, 0.2) is 0 Å². The smallest absolute Gasteiger partial charge is 0.255 e. The molecule has 3 rings (SSSR count). The Morgan fingerprint density at radius 2 is 2.06 bits per heavy atom. The molecule has 2 aromatic rings. The molecule has 1 amide bonds. The van der Waals surface area contributed by atoms with Gasteiger partial charge in [-0.1, -0.05) is 12.1 Å². The maximum atomic E-state index is 13.0. The Kier molecular flexibility index (Phi) is 8.76. The monoisotopic (exact) mass is 463 g/mol. The van der Waals surface area contributed by atoms with Crippen LogP contribution in [0.2, 0.25) is 0 Å². The highest BCUT2D eigenvalue weighted by Crippen LogP contribution is 2.25. The highest BCUT2D eigenvalue weighted by Gasteiger charge is 2.26. The summed E-state index contributed by atoms with van der Waals surface area (Å²) >= 11 is 0. The third-order valence-corrected chi connectivity index (χ3v) is 5.41. The summed E-state index contributed by atoms with van der Waals surface area (Å²) in [6.45, 7) is 4.94. The first kappa shape index (κ1) is 24.6. The highest BCUT2D eigenvalue weighted by molar-refractivity contribution is 5.73. The summed E-state index contributed by atoms with van der Waals surface area (Å²) in [6, 6.07) is 9.39. The maximum Gasteiger partial charge on any atom is 0.255 e. The van der Waals surface area contributed by atoms with E-state index in [9.17, 15) is 13.6 Å². The molecule has 1 saturated heterocycles. The van der Waals surface area contributed by atoms with Gasteiger partial charge >= 0.3 is 0 Å². The van der Waals surface area contributed by atoms with Gasteiger partial charge in [-0.2, -0.15) is 4.98 Å². The number of carbonyl (C=O) groups is 1. The minimum Gasteiger partial charge on any atom is -0.489 e. The van der Waals surface area contributed by atoms with Gasteiger partial charge < -0.3 is 24.6 Å². The van der Waals surface area contributed by atoms with Crippen molar-refractivity contribution >= 4 is 17.7 Å². The van der Waals surface area contributed by atoms with Gasteiger partial charge in [0.25, 0.3) is 6.43 Å². The van der Waals surface area contributed by atoms with Crippen molar-refractivity contribution in [1.82, 2.24) is 15.3 Å². The van der Waals surface area contributed by atoms with Crippen LogP contribution in [0, 0.1) is 0 Å². The predicted molar refractivity (Wildman–Crippen MR) is 122 cm³/mol. The average Bonchev–Trinajstić information content (AvgIpc) is 3.25. The number of nitrogens with zero attached hydrogens (tertiary/aromatic N) is 4. The lowest BCUT2D eigenvalue weighted by Gasteiger charge is -2.24. The third kappa shape index (κ3) is 7.24. The van der Waals surface area contributed by atoms with Gasteiger partial charge in [-0.05, 0) is 30.7 Å². The van der Waals surface area contributed by atoms with E-state index in [1.807, 2.05) is 31.2 Å². The zero-order chi connectivity index (χ0) is 23.8. The molecule has 1 aliphatic rings. The largest absolute Gasteiger partial charge is 0.489 e. The predicted octanol–water partition coefficient (Wildman–Crippen LogP) is 3.05. The maximum absolute atomic E-state index is 13.0. The number of hydrogen-bond donors (Lipinski definition) is 1. The Hall–Kier alpha value is -3.01. The van der Waals surface area contributed by atoms with E-state index in [1.54, 1.807) is 12.3 Å². The SMILES string of the molecule is COCCN(CC(F)F)c1nccc(N2CC[C@@H](Oc3ccc([C@H](C)NC(C)=O)cc3)C2)n1. The molecule has 0 radical (unpaired) electrons. The van der Waals surface area contributed by atoms with E-state index in [0.29, 0.717) is 19.0 Å². The van der Waals surface area contributed by atoms with Crippen molar-refractivity contribution < 1.29 is 23.0 Å². The van der Waals surface area contributed by atoms with Crippen LogP contribution >= 0.6 is 0 Å². The molecule has 2 atom stereocenters. The summed E-state index contributed by atoms with van der Waals surface area (Å²) in [6.07, 6.45) is -0.112. The molecule has 1 aromatic carbocycles. The van der Waals surface area contributed by atoms with Crippen molar-refractivity contribution in [2.24, 2.45) is 0 Å². The standard InChI is InChI=1S/C23H31F2N5O3/c1-16(27-17(2)31)18-4-6-19(7-5-18)33-20-9-11-29(14-20)22-8-10-26-23(28-22)30(12-13-32-3)15-21(24)25/h4-8,10,16,20-21H,9,11-15H2,1-3H3,(H,27,31)/t16-,20+/m0/s1. The van der Waals surface area contributed by atoms with Crippen molar-refractivity contribution in [3.63, 3.8) is 0 Å². The van der Waals surface area contributed by atoms with Crippen molar-refractivity contribution in [2.45, 2.75) is 38.8 Å². The number of halogens is 2. The molecule has 180 valence electrons. The van der Waals surface area contributed by atoms with Crippen LogP contribution in [0.3, 0.4) is 0 Å². The second kappa shape index (κ2) is 11.7. The van der Waals surface area contributed by atoms with Crippen LogP contribution in [0.15, 0.2) is 36.5 Å². The summed E-state index contributed by atoms with van der Waals surface area (Å²) in [5.74, 6) is 1.63. The lowest BCUT2D eigenvalue weighted by atomic mass is 10.1. The first-order chi connectivity index (χ1) is 15.9. The van der Waals surface area contributed by atoms with Gasteiger partial charge in [-0.3, -0.25) is 4.79 Å². The molecule has 33 heavy (non-hydrogen) atoms. The Labute approximate surface area is 192 Å². The first-order valence-electron chi connectivity index (χ1n) is 11.0. The van der Waals surface area contributed by atoms with Crippen LogP contribution in [0.4, 0.5) is 20.5 Å². The number of alkyl halides is 2. The third-order valence-electron chi connectivity index (χ3n) is 5.41. The number of methoxy groups -OCH3 is 1. The van der Waals surface area contributed by atoms with E-state index in [2.05, 4.69) is 20.2 Å². The average molecular weight is 464 g/mol. The first-order valence-corrected chi connectivity index (χ1v) is 11.0. The van der Waals surface area contributed by atoms with Gasteiger partial charge in [0.2, 0.25) is 11.9 Å². The van der Waals surface area contributed by atoms with E-state index in [-0.39, 0.29) is 30.5 Å². The molecule has 1 aromatic heterocycles. The molecule has 0 spiro atoms. The van der Waals surface area contributed by atoms with Gasteiger partial charge in [0.1, 0.15) is 17.7 Å². The van der Waals surface area contributed by atoms with E-state index < -0.39 is 13.0 Å². The molecule has 10 heteroatoms. The zero-order valence-electron chi connectivity index (χ0n) is 19.2. The number of amides is 1. The summed E-state index contributed by atoms with van der Waals surface area (Å²) in [5, 5.41) is 2.86. The Bertz CT molecular complexity index is 900. The summed E-state index contributed by atoms with van der Waals surface area (Å²) in [4.78, 5) is 23.4. The lowest BCUT2D eigenvalue weighted by molar-refractivity contribution is -0.119. The quantitative estimate of drug-likeness (QED) is 0.549. The number of benzene rings is 1. The van der Waals surface area contributed by atoms with Gasteiger partial charge in [-0.25, -0.2) is 13.8 Å². The van der Waals surface area contributed by atoms with Crippen LogP contribution in [-0.2, 0) is 9.53 Å². The van der Waals surface area contributed by atoms with Crippen molar-refractivity contribution in [3.8, 4) is 5.75 Å². The van der Waals surface area contributed by atoms with Crippen LogP contribution in [0.25, 0.3) is 0 Å². The Morgan fingerprint density at radius 3 is 2.73 bits per heavy atom. The van der Waals surface area contributed by atoms with E-state index in [4.69, 9.17) is 9.47 Å². The second-order valence-corrected chi connectivity index (χ2v) is 8.01. The number of rotatable bonds is 11. The van der Waals surface area contributed by atoms with Crippen molar-refractivity contribution in [1.29, 1.82) is 0 Å². The molecule has 0 unspecified atom stereocenters. The number of ether oxygens (including phenoxy) is 2. The molecular formula is C23H31F2N5O3. The number of anilines is 2. The fourth-order valence-corrected chi connectivity index (χ4v) is 3.76. The molecule has 0 bridgehead atoms. The summed E-state index contributed by atoms with van der Waals surface area (Å²) in [5.41, 5.74) is 1.00. The molecule has 0 saturated carbocycles. The summed E-state index contributed by atoms with van der Waals surface area (Å²) < 4.78 is 37.2. The van der Waals surface area contributed by atoms with E-state index in [0.717, 1.165) is 24.3 Å². The number of carbonyl (C=O) groups excluding carboxylic acids is 1. The van der Waals surface area contributed by atoms with E-state index in [1.165, 1.54) is 18.9 Å². The molecule has 8 nitrogen and oxygen atoms in total. The van der Waals surface area contributed by atoms with Crippen LogP contribution in [0.5, 0.6) is 5.75 Å². The topological polar surface area (TPSA) is 79.8 Å². The van der Waals surface area contributed by atoms with Crippen molar-refractivity contribution in [2.75, 3.05) is 49.7 Å². The second-order valence-electron chi connectivity index (χ2n) is 8.01. The Balaban J connectivity index is 1.60. The van der Waals surface area contributed by atoms with Crippen LogP contribution in [0.1, 0.15) is 31.9 Å². The van der Waals surface area contributed by atoms with Crippen molar-refractivity contribution in [3.05, 3.63) is 42.1 Å². The summed E-state index contributed by atoms with van der Waals surface area (Å²) in [7, 11) is 1.53. The molecule has 0 aliphatic carbocycles. The highest BCUT2D eigenvalue weighted by atomic mass is 19.3. The van der Waals surface area contributed by atoms with Gasteiger partial charge in [-0.15, -0.1) is 0 Å². The zero-order valence-corrected chi connectivity index (χ0v) is 19.2. The molecule has 1 N–H and O–H groups in total. The lowest BCUT2D eigenvalue weighted by Crippen LogP contribution is -2.34. The van der Waals surface area contributed by atoms with Gasteiger partial charge in [0.05, 0.1) is 25.7 Å².